The number of hydrogen-bond acceptors (Lipinski definition) is 4. The van der Waals surface area contributed by atoms with E-state index in [1.165, 1.54) is 24.1 Å². The number of carbonyl (C=O) groups excluding carboxylic acids is 1. The molecule has 29 heavy (non-hydrogen) atoms. The zero-order chi connectivity index (χ0) is 19.9. The molecule has 6 nitrogen and oxygen atoms in total. The fourth-order valence-corrected chi connectivity index (χ4v) is 5.20. The average Bonchev–Trinajstić information content (AvgIpc) is 3.28. The number of halogens is 1. The van der Waals surface area contributed by atoms with Crippen molar-refractivity contribution >= 4 is 47.2 Å². The second kappa shape index (κ2) is 12.1. The number of aryl methyl sites for hydroxylation is 2. The lowest BCUT2D eigenvalue weighted by molar-refractivity contribution is -0.135. The minimum atomic E-state index is 0. The molecule has 2 fully saturated rings. The summed E-state index contributed by atoms with van der Waals surface area (Å²) < 4.78 is 0. The first-order chi connectivity index (χ1) is 13.6. The van der Waals surface area contributed by atoms with Crippen molar-refractivity contribution in [3.8, 4) is 0 Å². The van der Waals surface area contributed by atoms with Crippen molar-refractivity contribution in [1.29, 1.82) is 0 Å². The van der Waals surface area contributed by atoms with Gasteiger partial charge < -0.3 is 15.5 Å². The Kier molecular flexibility index (Phi) is 10.1. The maximum Gasteiger partial charge on any atom is 0.225 e. The van der Waals surface area contributed by atoms with Gasteiger partial charge in [0.15, 0.2) is 5.96 Å². The van der Waals surface area contributed by atoms with E-state index in [9.17, 15) is 4.79 Å². The predicted molar refractivity (Wildman–Crippen MR) is 131 cm³/mol. The summed E-state index contributed by atoms with van der Waals surface area (Å²) in [6.45, 7) is 9.45. The van der Waals surface area contributed by atoms with Crippen molar-refractivity contribution in [3.05, 3.63) is 15.6 Å². The zero-order valence-electron chi connectivity index (χ0n) is 18.0. The van der Waals surface area contributed by atoms with Crippen molar-refractivity contribution in [3.63, 3.8) is 0 Å². The molecule has 1 aromatic rings. The summed E-state index contributed by atoms with van der Waals surface area (Å²) in [4.78, 5) is 25.4. The Morgan fingerprint density at radius 2 is 2.00 bits per heavy atom. The number of carbonyl (C=O) groups is 1. The lowest BCUT2D eigenvalue weighted by Gasteiger charge is -2.26. The van der Waals surface area contributed by atoms with Gasteiger partial charge in [0.05, 0.1) is 10.7 Å². The van der Waals surface area contributed by atoms with Crippen LogP contribution in [0.5, 0.6) is 0 Å². The Bertz CT molecular complexity index is 687. The number of nitrogens with zero attached hydrogens (tertiary/aromatic N) is 3. The number of thiazole rings is 1. The molecule has 164 valence electrons. The molecule has 3 rings (SSSR count). The molecule has 1 saturated carbocycles. The molecule has 1 atom stereocenters. The molecular formula is C21H36IN5OS. The summed E-state index contributed by atoms with van der Waals surface area (Å²) >= 11 is 1.76. The van der Waals surface area contributed by atoms with Crippen molar-refractivity contribution in [2.75, 3.05) is 26.2 Å². The Morgan fingerprint density at radius 1 is 1.24 bits per heavy atom. The van der Waals surface area contributed by atoms with Crippen LogP contribution in [0.4, 0.5) is 0 Å². The van der Waals surface area contributed by atoms with Gasteiger partial charge in [-0.15, -0.1) is 35.3 Å². The minimum absolute atomic E-state index is 0. The van der Waals surface area contributed by atoms with Gasteiger partial charge in [-0.3, -0.25) is 9.79 Å². The van der Waals surface area contributed by atoms with E-state index in [0.29, 0.717) is 5.91 Å². The summed E-state index contributed by atoms with van der Waals surface area (Å²) in [6.07, 6.45) is 7.78. The first-order valence-corrected chi connectivity index (χ1v) is 11.6. The van der Waals surface area contributed by atoms with Crippen LogP contribution in [0.2, 0.25) is 0 Å². The number of hydrogen-bond donors (Lipinski definition) is 2. The normalized spacial score (nSPS) is 20.4. The van der Waals surface area contributed by atoms with Crippen molar-refractivity contribution in [2.24, 2.45) is 10.9 Å². The van der Waals surface area contributed by atoms with E-state index in [1.807, 2.05) is 0 Å². The third kappa shape index (κ3) is 7.08. The highest BCUT2D eigenvalue weighted by Crippen LogP contribution is 2.26. The number of aromatic nitrogens is 1. The van der Waals surface area contributed by atoms with Gasteiger partial charge in [-0.2, -0.15) is 0 Å². The Labute approximate surface area is 196 Å². The van der Waals surface area contributed by atoms with Crippen LogP contribution >= 0.6 is 35.3 Å². The number of likely N-dealkylation sites (tertiary alicyclic amines) is 1. The van der Waals surface area contributed by atoms with Gasteiger partial charge >= 0.3 is 0 Å². The van der Waals surface area contributed by atoms with E-state index in [1.54, 1.807) is 11.3 Å². The quantitative estimate of drug-likeness (QED) is 0.333. The van der Waals surface area contributed by atoms with Gasteiger partial charge in [-0.1, -0.05) is 19.3 Å². The lowest BCUT2D eigenvalue weighted by Crippen LogP contribution is -2.45. The topological polar surface area (TPSA) is 69.6 Å². The summed E-state index contributed by atoms with van der Waals surface area (Å²) in [5, 5.41) is 8.01. The maximum absolute atomic E-state index is 12.8. The molecule has 1 amide bonds. The Morgan fingerprint density at radius 3 is 2.66 bits per heavy atom. The van der Waals surface area contributed by atoms with E-state index < -0.39 is 0 Å². The van der Waals surface area contributed by atoms with Gasteiger partial charge in [0.2, 0.25) is 5.91 Å². The second-order valence-corrected chi connectivity index (χ2v) is 9.29. The first kappa shape index (κ1) is 24.4. The van der Waals surface area contributed by atoms with Gasteiger partial charge in [0.1, 0.15) is 0 Å². The molecule has 1 unspecified atom stereocenters. The largest absolute Gasteiger partial charge is 0.357 e. The second-order valence-electron chi connectivity index (χ2n) is 8.00. The predicted octanol–water partition coefficient (Wildman–Crippen LogP) is 3.66. The monoisotopic (exact) mass is 533 g/mol. The number of aliphatic imine (C=N–C) groups is 1. The van der Waals surface area contributed by atoms with Crippen LogP contribution in [-0.2, 0) is 11.2 Å². The molecule has 1 aliphatic heterocycles. The summed E-state index contributed by atoms with van der Waals surface area (Å²) in [6, 6.07) is 0.290. The van der Waals surface area contributed by atoms with Crippen LogP contribution in [-0.4, -0.2) is 54.0 Å². The minimum Gasteiger partial charge on any atom is -0.357 e. The molecule has 0 bridgehead atoms. The van der Waals surface area contributed by atoms with Crippen molar-refractivity contribution < 1.29 is 4.79 Å². The molecule has 0 aromatic carbocycles. The van der Waals surface area contributed by atoms with E-state index >= 15 is 0 Å². The molecule has 0 spiro atoms. The fraction of sp³-hybridized carbons (Fsp3) is 0.762. The number of rotatable bonds is 6. The van der Waals surface area contributed by atoms with Crippen LogP contribution in [0, 0.1) is 19.8 Å². The first-order valence-electron chi connectivity index (χ1n) is 10.8. The molecule has 1 aromatic heterocycles. The third-order valence-corrected chi connectivity index (χ3v) is 6.88. The fourth-order valence-electron chi connectivity index (χ4n) is 4.27. The van der Waals surface area contributed by atoms with Crippen LogP contribution in [0.3, 0.4) is 0 Å². The van der Waals surface area contributed by atoms with Gasteiger partial charge in [-0.25, -0.2) is 4.98 Å². The lowest BCUT2D eigenvalue weighted by atomic mass is 9.88. The standard InChI is InChI=1S/C21H35N5OS.HI/c1-4-22-21(23-12-10-19-15(2)24-16(3)28-19)25-18-11-13-26(14-18)20(27)17-8-6-5-7-9-17;/h17-18H,4-14H2,1-3H3,(H2,22,23,25);1H. The summed E-state index contributed by atoms with van der Waals surface area (Å²) in [7, 11) is 0. The molecule has 2 aliphatic rings. The van der Waals surface area contributed by atoms with Crippen LogP contribution in [0.15, 0.2) is 4.99 Å². The van der Waals surface area contributed by atoms with Crippen LogP contribution in [0.25, 0.3) is 0 Å². The van der Waals surface area contributed by atoms with Crippen molar-refractivity contribution in [1.82, 2.24) is 20.5 Å². The molecule has 1 aliphatic carbocycles. The van der Waals surface area contributed by atoms with E-state index in [2.05, 4.69) is 41.3 Å². The zero-order valence-corrected chi connectivity index (χ0v) is 21.1. The van der Waals surface area contributed by atoms with Gasteiger partial charge in [0, 0.05) is 49.4 Å². The van der Waals surface area contributed by atoms with Crippen molar-refractivity contribution in [2.45, 2.75) is 71.8 Å². The number of amides is 1. The van der Waals surface area contributed by atoms with Crippen LogP contribution < -0.4 is 10.6 Å². The Hall–Kier alpha value is -0.900. The molecule has 8 heteroatoms. The maximum atomic E-state index is 12.8. The molecule has 2 N–H and O–H groups in total. The van der Waals surface area contributed by atoms with E-state index in [0.717, 1.165) is 68.5 Å². The number of guanidine groups is 1. The smallest absolute Gasteiger partial charge is 0.225 e. The Balaban J connectivity index is 0.00000300. The highest BCUT2D eigenvalue weighted by molar-refractivity contribution is 14.0. The summed E-state index contributed by atoms with van der Waals surface area (Å²) in [5.41, 5.74) is 1.13. The van der Waals surface area contributed by atoms with Gasteiger partial charge in [-0.05, 0) is 40.0 Å². The summed E-state index contributed by atoms with van der Waals surface area (Å²) in [5.74, 6) is 1.50. The molecular weight excluding hydrogens is 497 g/mol. The molecule has 2 heterocycles. The molecule has 0 radical (unpaired) electrons. The number of nitrogens with one attached hydrogen (secondary N) is 2. The average molecular weight is 534 g/mol. The van der Waals surface area contributed by atoms with E-state index in [-0.39, 0.29) is 35.9 Å². The SMILES string of the molecule is CCNC(=NCCc1sc(C)nc1C)NC1CCN(C(=O)C2CCCCC2)C1.I. The highest BCUT2D eigenvalue weighted by Gasteiger charge is 2.31. The van der Waals surface area contributed by atoms with Crippen LogP contribution in [0.1, 0.15) is 61.0 Å². The molecule has 1 saturated heterocycles. The van der Waals surface area contributed by atoms with Gasteiger partial charge in [0.25, 0.3) is 0 Å². The highest BCUT2D eigenvalue weighted by atomic mass is 127. The van der Waals surface area contributed by atoms with E-state index in [4.69, 9.17) is 4.99 Å². The third-order valence-electron chi connectivity index (χ3n) is 5.75.